The highest BCUT2D eigenvalue weighted by molar-refractivity contribution is 7.10. The predicted molar refractivity (Wildman–Crippen MR) is 47.9 cm³/mol. The zero-order chi connectivity index (χ0) is 8.43. The van der Waals surface area contributed by atoms with Gasteiger partial charge in [0, 0.05) is 0 Å². The predicted octanol–water partition coefficient (Wildman–Crippen LogP) is 2.18. The van der Waals surface area contributed by atoms with E-state index < -0.39 is 0 Å². The molecule has 60 valence electrons. The molecule has 0 aromatic heterocycles. The van der Waals surface area contributed by atoms with Crippen molar-refractivity contribution < 1.29 is 9.63 Å². The molecule has 1 rings (SSSR count). The van der Waals surface area contributed by atoms with Crippen LogP contribution in [0.1, 0.15) is 11.1 Å². The topological polar surface area (TPSA) is 29.5 Å². The Morgan fingerprint density at radius 1 is 1.27 bits per heavy atom. The van der Waals surface area contributed by atoms with Crippen LogP contribution in [0.15, 0.2) is 12.1 Å². The molecule has 1 unspecified atom stereocenters. The van der Waals surface area contributed by atoms with Crippen LogP contribution < -0.4 is 4.52 Å². The van der Waals surface area contributed by atoms with Gasteiger partial charge >= 0.3 is 0 Å². The lowest BCUT2D eigenvalue weighted by Crippen LogP contribution is -1.83. The number of rotatable bonds is 1. The number of aryl methyl sites for hydroxylation is 2. The minimum absolute atomic E-state index is 0.313. The fraction of sp³-hybridized carbons (Fsp3) is 0.250. The van der Waals surface area contributed by atoms with Crippen LogP contribution in [0.25, 0.3) is 0 Å². The van der Waals surface area contributed by atoms with E-state index in [0.717, 1.165) is 16.9 Å². The lowest BCUT2D eigenvalue weighted by atomic mass is 10.1. The summed E-state index contributed by atoms with van der Waals surface area (Å²) >= 11 is 0. The number of benzene rings is 1. The van der Waals surface area contributed by atoms with Crippen LogP contribution in [0.2, 0.25) is 0 Å². The fourth-order valence-corrected chi connectivity index (χ4v) is 1.16. The molecule has 0 radical (unpaired) electrons. The van der Waals surface area contributed by atoms with Crippen molar-refractivity contribution in [2.45, 2.75) is 13.8 Å². The Morgan fingerprint density at radius 3 is 2.45 bits per heavy atom. The standard InChI is InChI=1S/C8H11O2P/c1-5-4-8(10-11)6(2)3-7(5)9/h3-4,9H,11H2,1-2H3. The minimum Gasteiger partial charge on any atom is -0.508 e. The Labute approximate surface area is 68.5 Å². The molecule has 1 atom stereocenters. The fourth-order valence-electron chi connectivity index (χ4n) is 0.901. The second-order valence-corrected chi connectivity index (χ2v) is 2.76. The minimum atomic E-state index is 0.313. The van der Waals surface area contributed by atoms with Gasteiger partial charge in [-0.05, 0) is 37.1 Å². The monoisotopic (exact) mass is 170 g/mol. The van der Waals surface area contributed by atoms with E-state index >= 15 is 0 Å². The third-order valence-electron chi connectivity index (χ3n) is 1.62. The molecule has 0 spiro atoms. The highest BCUT2D eigenvalue weighted by Gasteiger charge is 2.01. The number of phenolic OH excluding ortho intramolecular Hbond substituents is 1. The van der Waals surface area contributed by atoms with E-state index in [-0.39, 0.29) is 0 Å². The average Bonchev–Trinajstić information content (AvgIpc) is 1.97. The summed E-state index contributed by atoms with van der Waals surface area (Å²) in [6.07, 6.45) is 0. The van der Waals surface area contributed by atoms with Gasteiger partial charge in [-0.15, -0.1) is 0 Å². The van der Waals surface area contributed by atoms with E-state index in [1.165, 1.54) is 0 Å². The van der Waals surface area contributed by atoms with Gasteiger partial charge in [-0.2, -0.15) is 0 Å². The second-order valence-electron chi connectivity index (χ2n) is 2.52. The Morgan fingerprint density at radius 2 is 1.91 bits per heavy atom. The lowest BCUT2D eigenvalue weighted by Gasteiger charge is -2.06. The third-order valence-corrected chi connectivity index (χ3v) is 1.87. The van der Waals surface area contributed by atoms with Gasteiger partial charge in [-0.3, -0.25) is 0 Å². The molecule has 1 aromatic rings. The Balaban J connectivity index is 3.21. The summed E-state index contributed by atoms with van der Waals surface area (Å²) in [5.74, 6) is 1.10. The van der Waals surface area contributed by atoms with Gasteiger partial charge in [0.25, 0.3) is 0 Å². The molecule has 11 heavy (non-hydrogen) atoms. The molecular weight excluding hydrogens is 159 g/mol. The first kappa shape index (κ1) is 8.35. The van der Waals surface area contributed by atoms with Crippen molar-refractivity contribution >= 4 is 9.47 Å². The van der Waals surface area contributed by atoms with Crippen LogP contribution >= 0.6 is 9.47 Å². The Bertz CT molecular complexity index is 271. The third kappa shape index (κ3) is 1.63. The number of aromatic hydroxyl groups is 1. The molecule has 0 saturated heterocycles. The molecule has 3 heteroatoms. The first-order valence-corrected chi connectivity index (χ1v) is 3.79. The van der Waals surface area contributed by atoms with Gasteiger partial charge in [0.1, 0.15) is 11.5 Å². The molecule has 0 saturated carbocycles. The molecule has 1 aromatic carbocycles. The van der Waals surface area contributed by atoms with E-state index in [0.29, 0.717) is 5.75 Å². The van der Waals surface area contributed by atoms with Gasteiger partial charge in [0.15, 0.2) is 0 Å². The summed E-state index contributed by atoms with van der Waals surface area (Å²) in [6, 6.07) is 3.49. The lowest BCUT2D eigenvalue weighted by molar-refractivity contribution is 0.469. The maximum absolute atomic E-state index is 9.26. The van der Waals surface area contributed by atoms with Crippen molar-refractivity contribution in [3.05, 3.63) is 23.3 Å². The maximum atomic E-state index is 9.26. The van der Waals surface area contributed by atoms with Crippen molar-refractivity contribution in [3.63, 3.8) is 0 Å². The summed E-state index contributed by atoms with van der Waals surface area (Å²) in [5.41, 5.74) is 1.76. The Kier molecular flexibility index (Phi) is 2.35. The molecule has 0 heterocycles. The first-order chi connectivity index (χ1) is 5.15. The largest absolute Gasteiger partial charge is 0.508 e. The van der Waals surface area contributed by atoms with Gasteiger partial charge in [0.05, 0.1) is 9.47 Å². The summed E-state index contributed by atoms with van der Waals surface area (Å²) in [7, 11) is 2.18. The number of phenols is 1. The van der Waals surface area contributed by atoms with Crippen molar-refractivity contribution in [1.29, 1.82) is 0 Å². The number of hydrogen-bond donors (Lipinski definition) is 1. The average molecular weight is 170 g/mol. The van der Waals surface area contributed by atoms with Crippen LogP contribution in [-0.4, -0.2) is 5.11 Å². The summed E-state index contributed by atoms with van der Waals surface area (Å²) in [4.78, 5) is 0. The quantitative estimate of drug-likeness (QED) is 0.654. The van der Waals surface area contributed by atoms with Crippen LogP contribution in [0.3, 0.4) is 0 Å². The van der Waals surface area contributed by atoms with Gasteiger partial charge in [0.2, 0.25) is 0 Å². The van der Waals surface area contributed by atoms with Crippen LogP contribution in [0, 0.1) is 13.8 Å². The van der Waals surface area contributed by atoms with Crippen LogP contribution in [-0.2, 0) is 0 Å². The molecule has 2 nitrogen and oxygen atoms in total. The summed E-state index contributed by atoms with van der Waals surface area (Å²) in [5, 5.41) is 9.26. The molecule has 0 aliphatic heterocycles. The van der Waals surface area contributed by atoms with E-state index in [2.05, 4.69) is 9.47 Å². The van der Waals surface area contributed by atoms with Crippen molar-refractivity contribution in [1.82, 2.24) is 0 Å². The first-order valence-electron chi connectivity index (χ1n) is 3.32. The zero-order valence-corrected chi connectivity index (χ0v) is 7.74. The van der Waals surface area contributed by atoms with Crippen LogP contribution in [0.5, 0.6) is 11.5 Å². The SMILES string of the molecule is Cc1cc(OP)c(C)cc1O. The highest BCUT2D eigenvalue weighted by atomic mass is 31.0. The van der Waals surface area contributed by atoms with E-state index in [1.807, 2.05) is 13.8 Å². The smallest absolute Gasteiger partial charge is 0.125 e. The van der Waals surface area contributed by atoms with Crippen molar-refractivity contribution in [2.24, 2.45) is 0 Å². The van der Waals surface area contributed by atoms with Crippen molar-refractivity contribution in [2.75, 3.05) is 0 Å². The molecular formula is C8H11O2P. The summed E-state index contributed by atoms with van der Waals surface area (Å²) < 4.78 is 4.99. The molecule has 0 aliphatic carbocycles. The van der Waals surface area contributed by atoms with E-state index in [1.54, 1.807) is 12.1 Å². The zero-order valence-electron chi connectivity index (χ0n) is 6.59. The maximum Gasteiger partial charge on any atom is 0.125 e. The van der Waals surface area contributed by atoms with Gasteiger partial charge in [-0.25, -0.2) is 0 Å². The molecule has 0 aliphatic rings. The normalized spacial score (nSPS) is 9.73. The number of hydrogen-bond acceptors (Lipinski definition) is 2. The second kappa shape index (κ2) is 3.10. The Hall–Kier alpha value is -0.750. The van der Waals surface area contributed by atoms with E-state index in [4.69, 9.17) is 4.52 Å². The van der Waals surface area contributed by atoms with Gasteiger partial charge < -0.3 is 9.63 Å². The summed E-state index contributed by atoms with van der Waals surface area (Å²) in [6.45, 7) is 3.72. The van der Waals surface area contributed by atoms with Crippen molar-refractivity contribution in [3.8, 4) is 11.5 Å². The molecule has 1 N–H and O–H groups in total. The molecule has 0 bridgehead atoms. The van der Waals surface area contributed by atoms with Gasteiger partial charge in [-0.1, -0.05) is 0 Å². The van der Waals surface area contributed by atoms with E-state index in [9.17, 15) is 5.11 Å². The molecule has 0 fully saturated rings. The van der Waals surface area contributed by atoms with Crippen LogP contribution in [0.4, 0.5) is 0 Å². The highest BCUT2D eigenvalue weighted by Crippen LogP contribution is 2.27. The molecule has 0 amide bonds.